The van der Waals surface area contributed by atoms with Crippen LogP contribution in [0.1, 0.15) is 17.8 Å². The first-order valence-corrected chi connectivity index (χ1v) is 7.70. The molecule has 2 aromatic rings. The van der Waals surface area contributed by atoms with Gasteiger partial charge in [-0.05, 0) is 26.1 Å². The maximum absolute atomic E-state index is 13.5. The third-order valence-electron chi connectivity index (χ3n) is 4.02. The van der Waals surface area contributed by atoms with E-state index in [9.17, 15) is 9.18 Å². The molecule has 8 heteroatoms. The molecule has 1 unspecified atom stereocenters. The molecule has 3 rings (SSSR count). The second-order valence-electron chi connectivity index (χ2n) is 5.74. The van der Waals surface area contributed by atoms with Crippen LogP contribution in [0.25, 0.3) is 0 Å². The van der Waals surface area contributed by atoms with Gasteiger partial charge in [0.05, 0.1) is 0 Å². The van der Waals surface area contributed by atoms with E-state index in [4.69, 9.17) is 9.26 Å². The summed E-state index contributed by atoms with van der Waals surface area (Å²) in [6.07, 6.45) is 0. The van der Waals surface area contributed by atoms with Crippen molar-refractivity contribution in [3.8, 4) is 5.75 Å². The zero-order chi connectivity index (χ0) is 17.1. The normalized spacial score (nSPS) is 18.6. The van der Waals surface area contributed by atoms with E-state index in [1.54, 1.807) is 24.0 Å². The average Bonchev–Trinajstić information content (AvgIpc) is 3.00. The predicted molar refractivity (Wildman–Crippen MR) is 82.9 cm³/mol. The molecule has 1 aromatic carbocycles. The minimum absolute atomic E-state index is 0.0732. The van der Waals surface area contributed by atoms with Crippen LogP contribution in [-0.2, 0) is 4.79 Å². The summed E-state index contributed by atoms with van der Waals surface area (Å²) in [5.41, 5.74) is 0. The monoisotopic (exact) mass is 334 g/mol. The van der Waals surface area contributed by atoms with Crippen molar-refractivity contribution < 1.29 is 18.4 Å². The first kappa shape index (κ1) is 16.4. The number of piperazine rings is 1. The fraction of sp³-hybridized carbons (Fsp3) is 0.438. The number of carbonyl (C=O) groups excluding carboxylic acids is 1. The van der Waals surface area contributed by atoms with Crippen LogP contribution < -0.4 is 4.74 Å². The Morgan fingerprint density at radius 3 is 2.92 bits per heavy atom. The minimum atomic E-state index is -0.483. The van der Waals surface area contributed by atoms with Crippen LogP contribution in [0.15, 0.2) is 28.8 Å². The van der Waals surface area contributed by atoms with Crippen LogP contribution in [0.3, 0.4) is 0 Å². The summed E-state index contributed by atoms with van der Waals surface area (Å²) >= 11 is 0. The van der Waals surface area contributed by atoms with Crippen molar-refractivity contribution in [2.75, 3.05) is 33.3 Å². The number of halogens is 1. The zero-order valence-corrected chi connectivity index (χ0v) is 13.6. The predicted octanol–water partition coefficient (Wildman–Crippen LogP) is 1.41. The molecule has 1 fully saturated rings. The maximum atomic E-state index is 13.5. The van der Waals surface area contributed by atoms with E-state index in [1.807, 2.05) is 7.05 Å². The molecule has 1 saturated heterocycles. The van der Waals surface area contributed by atoms with Gasteiger partial charge in [-0.25, -0.2) is 4.39 Å². The van der Waals surface area contributed by atoms with Gasteiger partial charge in [0.2, 0.25) is 5.89 Å². The Hall–Kier alpha value is -2.48. The third kappa shape index (κ3) is 3.53. The molecule has 2 heterocycles. The molecule has 0 saturated carbocycles. The number of hydrogen-bond acceptors (Lipinski definition) is 6. The molecule has 1 aliphatic heterocycles. The number of nitrogens with zero attached hydrogens (tertiary/aromatic N) is 4. The zero-order valence-electron chi connectivity index (χ0n) is 13.6. The molecule has 0 N–H and O–H groups in total. The number of aromatic nitrogens is 2. The van der Waals surface area contributed by atoms with Crippen LogP contribution >= 0.6 is 0 Å². The Morgan fingerprint density at radius 1 is 1.42 bits per heavy atom. The first-order chi connectivity index (χ1) is 11.5. The van der Waals surface area contributed by atoms with Crippen LogP contribution in [-0.4, -0.2) is 59.1 Å². The summed E-state index contributed by atoms with van der Waals surface area (Å²) in [5, 5.41) is 3.80. The summed E-state index contributed by atoms with van der Waals surface area (Å²) in [5.74, 6) is 0.437. The lowest BCUT2D eigenvalue weighted by Crippen LogP contribution is -2.50. The van der Waals surface area contributed by atoms with Crippen molar-refractivity contribution in [1.82, 2.24) is 19.9 Å². The number of ether oxygens (including phenoxy) is 1. The molecular formula is C16H19FN4O3. The lowest BCUT2D eigenvalue weighted by molar-refractivity contribution is -0.136. The van der Waals surface area contributed by atoms with Gasteiger partial charge in [-0.2, -0.15) is 4.98 Å². The topological polar surface area (TPSA) is 71.7 Å². The van der Waals surface area contributed by atoms with Gasteiger partial charge in [-0.3, -0.25) is 9.69 Å². The third-order valence-corrected chi connectivity index (χ3v) is 4.02. The van der Waals surface area contributed by atoms with Gasteiger partial charge in [0.25, 0.3) is 5.91 Å². The molecule has 7 nitrogen and oxygen atoms in total. The van der Waals surface area contributed by atoms with E-state index < -0.39 is 5.82 Å². The Balaban J connectivity index is 1.62. The molecule has 0 aliphatic carbocycles. The molecular weight excluding hydrogens is 315 g/mol. The van der Waals surface area contributed by atoms with Crippen LogP contribution in [0.5, 0.6) is 5.75 Å². The molecule has 1 atom stereocenters. The largest absolute Gasteiger partial charge is 0.481 e. The summed E-state index contributed by atoms with van der Waals surface area (Å²) in [7, 11) is 1.95. The smallest absolute Gasteiger partial charge is 0.260 e. The minimum Gasteiger partial charge on any atom is -0.481 e. The van der Waals surface area contributed by atoms with E-state index in [2.05, 4.69) is 15.0 Å². The van der Waals surface area contributed by atoms with Gasteiger partial charge in [-0.1, -0.05) is 17.3 Å². The van der Waals surface area contributed by atoms with E-state index in [0.717, 1.165) is 0 Å². The van der Waals surface area contributed by atoms with Gasteiger partial charge < -0.3 is 14.2 Å². The molecule has 128 valence electrons. The Labute approximate surface area is 139 Å². The second-order valence-corrected chi connectivity index (χ2v) is 5.74. The highest BCUT2D eigenvalue weighted by Gasteiger charge is 2.32. The van der Waals surface area contributed by atoms with Gasteiger partial charge in [0.15, 0.2) is 24.0 Å². The van der Waals surface area contributed by atoms with E-state index in [1.165, 1.54) is 12.1 Å². The second kappa shape index (κ2) is 6.96. The fourth-order valence-corrected chi connectivity index (χ4v) is 2.61. The molecule has 1 amide bonds. The fourth-order valence-electron chi connectivity index (χ4n) is 2.61. The number of amides is 1. The number of benzene rings is 1. The van der Waals surface area contributed by atoms with Gasteiger partial charge in [0, 0.05) is 19.6 Å². The highest BCUT2D eigenvalue weighted by Crippen LogP contribution is 2.23. The molecule has 0 radical (unpaired) electrons. The Kier molecular flexibility index (Phi) is 4.75. The number of hydrogen-bond donors (Lipinski definition) is 0. The van der Waals surface area contributed by atoms with E-state index >= 15 is 0 Å². The van der Waals surface area contributed by atoms with E-state index in [-0.39, 0.29) is 24.3 Å². The SMILES string of the molecule is Cc1noc(C2CN(C(=O)COc3ccccc3F)CCN2C)n1. The molecule has 24 heavy (non-hydrogen) atoms. The number of aryl methyl sites for hydroxylation is 1. The van der Waals surface area contributed by atoms with Gasteiger partial charge in [-0.15, -0.1) is 0 Å². The van der Waals surface area contributed by atoms with Crippen molar-refractivity contribution in [3.63, 3.8) is 0 Å². The summed E-state index contributed by atoms with van der Waals surface area (Å²) in [6, 6.07) is 5.87. The van der Waals surface area contributed by atoms with Crippen LogP contribution in [0.4, 0.5) is 4.39 Å². The number of carbonyl (C=O) groups is 1. The quantitative estimate of drug-likeness (QED) is 0.842. The summed E-state index contributed by atoms with van der Waals surface area (Å²) in [6.45, 7) is 3.22. The highest BCUT2D eigenvalue weighted by atomic mass is 19.1. The van der Waals surface area contributed by atoms with Gasteiger partial charge in [0.1, 0.15) is 6.04 Å². The summed E-state index contributed by atoms with van der Waals surface area (Å²) in [4.78, 5) is 20.3. The molecule has 0 spiro atoms. The molecule has 1 aromatic heterocycles. The number of likely N-dealkylation sites (N-methyl/N-ethyl adjacent to an activating group) is 1. The van der Waals surface area contributed by atoms with Crippen LogP contribution in [0.2, 0.25) is 0 Å². The Bertz CT molecular complexity index is 721. The Morgan fingerprint density at radius 2 is 2.21 bits per heavy atom. The van der Waals surface area contributed by atoms with E-state index in [0.29, 0.717) is 31.3 Å². The van der Waals surface area contributed by atoms with Crippen molar-refractivity contribution in [2.45, 2.75) is 13.0 Å². The standard InChI is InChI=1S/C16H19FN4O3/c1-11-18-16(24-19-11)13-9-21(8-7-20(13)2)15(22)10-23-14-6-4-3-5-12(14)17/h3-6,13H,7-10H2,1-2H3. The van der Waals surface area contributed by atoms with Crippen molar-refractivity contribution in [3.05, 3.63) is 41.8 Å². The van der Waals surface area contributed by atoms with Crippen molar-refractivity contribution >= 4 is 5.91 Å². The summed E-state index contributed by atoms with van der Waals surface area (Å²) < 4.78 is 24.1. The average molecular weight is 334 g/mol. The van der Waals surface area contributed by atoms with Crippen LogP contribution in [0, 0.1) is 12.7 Å². The van der Waals surface area contributed by atoms with Crippen molar-refractivity contribution in [2.24, 2.45) is 0 Å². The van der Waals surface area contributed by atoms with Gasteiger partial charge >= 0.3 is 0 Å². The lowest BCUT2D eigenvalue weighted by Gasteiger charge is -2.37. The molecule has 0 bridgehead atoms. The van der Waals surface area contributed by atoms with Crippen molar-refractivity contribution in [1.29, 1.82) is 0 Å². The number of para-hydroxylation sites is 1. The number of rotatable bonds is 4. The lowest BCUT2D eigenvalue weighted by atomic mass is 10.1. The first-order valence-electron chi connectivity index (χ1n) is 7.70. The highest BCUT2D eigenvalue weighted by molar-refractivity contribution is 5.78. The maximum Gasteiger partial charge on any atom is 0.260 e. The molecule has 1 aliphatic rings.